The molecule has 2 aliphatic rings. The average molecular weight is 639 g/mol. The van der Waals surface area contributed by atoms with Crippen LogP contribution >= 0.6 is 0 Å². The maximum absolute atomic E-state index is 13.9. The van der Waals surface area contributed by atoms with Gasteiger partial charge in [-0.05, 0) is 85.3 Å². The molecule has 2 aliphatic carbocycles. The zero-order valence-electron chi connectivity index (χ0n) is 28.6. The van der Waals surface area contributed by atoms with Gasteiger partial charge in [0.1, 0.15) is 0 Å². The summed E-state index contributed by atoms with van der Waals surface area (Å²) < 4.78 is 0. The third kappa shape index (κ3) is 9.90. The fourth-order valence-electron chi connectivity index (χ4n) is 6.94. The highest BCUT2D eigenvalue weighted by Crippen LogP contribution is 2.27. The van der Waals surface area contributed by atoms with Crippen molar-refractivity contribution in [2.24, 2.45) is 0 Å². The van der Waals surface area contributed by atoms with Crippen LogP contribution in [0.4, 0.5) is 32.3 Å². The van der Waals surface area contributed by atoms with Crippen LogP contribution in [0.1, 0.15) is 88.2 Å². The normalized spacial score (nSPS) is 16.0. The number of carbonyl (C=O) groups is 2. The van der Waals surface area contributed by atoms with Crippen LogP contribution in [0, 0.1) is 0 Å². The van der Waals surface area contributed by atoms with Gasteiger partial charge in [0, 0.05) is 62.5 Å². The molecule has 0 heterocycles. The van der Waals surface area contributed by atoms with E-state index in [1.807, 2.05) is 79.5 Å². The predicted molar refractivity (Wildman–Crippen MR) is 195 cm³/mol. The topological polar surface area (TPSA) is 80.0 Å². The molecule has 2 fully saturated rings. The van der Waals surface area contributed by atoms with Gasteiger partial charge >= 0.3 is 12.1 Å². The fraction of sp³-hybridized carbons (Fsp3) is 0.487. The summed E-state index contributed by atoms with van der Waals surface area (Å²) in [5, 5.41) is 9.72. The molecule has 2 saturated carbocycles. The van der Waals surface area contributed by atoms with Crippen molar-refractivity contribution in [1.29, 1.82) is 0 Å². The lowest BCUT2D eigenvalue weighted by molar-refractivity contribution is 0.175. The third-order valence-electron chi connectivity index (χ3n) is 9.74. The largest absolute Gasteiger partial charge is 0.388 e. The number of carbonyl (C=O) groups excluding carboxylic acids is 2. The van der Waals surface area contributed by atoms with E-state index < -0.39 is 0 Å². The Kier molecular flexibility index (Phi) is 12.4. The summed E-state index contributed by atoms with van der Waals surface area (Å²) >= 11 is 0. The van der Waals surface area contributed by atoms with Gasteiger partial charge in [0.25, 0.3) is 0 Å². The molecule has 8 nitrogen and oxygen atoms in total. The SMILES string of the molecule is CNc1ccc(N(Cc2cccc(CN(C(=O)Nc3ccc(N(C)C)cc3)C3CCCCCC3)c2)C(=O)NC2CCCCCC2)cc1. The Morgan fingerprint density at radius 1 is 0.660 bits per heavy atom. The molecule has 3 aromatic rings. The smallest absolute Gasteiger partial charge is 0.322 e. The van der Waals surface area contributed by atoms with Crippen LogP contribution < -0.4 is 25.8 Å². The van der Waals surface area contributed by atoms with Gasteiger partial charge in [-0.2, -0.15) is 0 Å². The van der Waals surface area contributed by atoms with E-state index in [1.54, 1.807) is 0 Å². The van der Waals surface area contributed by atoms with Gasteiger partial charge in [-0.15, -0.1) is 0 Å². The first-order valence-corrected chi connectivity index (χ1v) is 17.7. The summed E-state index contributed by atoms with van der Waals surface area (Å²) in [7, 11) is 5.92. The molecule has 0 radical (unpaired) electrons. The van der Waals surface area contributed by atoms with Crippen molar-refractivity contribution in [2.45, 2.75) is 102 Å². The minimum Gasteiger partial charge on any atom is -0.388 e. The monoisotopic (exact) mass is 638 g/mol. The predicted octanol–water partition coefficient (Wildman–Crippen LogP) is 8.99. The van der Waals surface area contributed by atoms with Gasteiger partial charge in [-0.25, -0.2) is 9.59 Å². The average Bonchev–Trinajstić information content (AvgIpc) is 3.52. The van der Waals surface area contributed by atoms with Gasteiger partial charge in [0.05, 0.1) is 6.54 Å². The third-order valence-corrected chi connectivity index (χ3v) is 9.74. The zero-order chi connectivity index (χ0) is 33.0. The Hall–Kier alpha value is -4.20. The van der Waals surface area contributed by atoms with Crippen LogP contribution in [0.25, 0.3) is 0 Å². The number of hydrogen-bond acceptors (Lipinski definition) is 4. The van der Waals surface area contributed by atoms with Crippen molar-refractivity contribution in [3.8, 4) is 0 Å². The van der Waals surface area contributed by atoms with E-state index in [2.05, 4.69) is 45.1 Å². The fourth-order valence-corrected chi connectivity index (χ4v) is 6.94. The van der Waals surface area contributed by atoms with Crippen LogP contribution in [0.3, 0.4) is 0 Å². The first kappa shape index (κ1) is 34.1. The maximum atomic E-state index is 13.9. The Morgan fingerprint density at radius 3 is 1.81 bits per heavy atom. The minimum absolute atomic E-state index is 0.0562. The van der Waals surface area contributed by atoms with E-state index in [9.17, 15) is 9.59 Å². The van der Waals surface area contributed by atoms with Crippen LogP contribution in [-0.2, 0) is 13.1 Å². The first-order chi connectivity index (χ1) is 22.9. The molecule has 8 heteroatoms. The Labute approximate surface area is 281 Å². The summed E-state index contributed by atoms with van der Waals surface area (Å²) in [5.74, 6) is 0. The Bertz CT molecular complexity index is 1410. The molecule has 0 bridgehead atoms. The van der Waals surface area contributed by atoms with E-state index >= 15 is 0 Å². The number of rotatable bonds is 10. The summed E-state index contributed by atoms with van der Waals surface area (Å²) in [6.07, 6.45) is 13.6. The number of urea groups is 2. The molecule has 47 heavy (non-hydrogen) atoms. The van der Waals surface area contributed by atoms with E-state index in [0.717, 1.165) is 85.2 Å². The molecule has 3 N–H and O–H groups in total. The van der Waals surface area contributed by atoms with Gasteiger partial charge in [-0.1, -0.05) is 75.6 Å². The standard InChI is InChI=1S/C39H54N6O2/c1-40-32-19-25-37(26-20-32)45(38(46)41-33-15-8-4-5-9-16-33)29-31-14-12-13-30(27-31)28-44(36-17-10-6-7-11-18-36)39(47)42-34-21-23-35(24-22-34)43(2)3/h12-14,19-27,33,36,40H,4-11,15-18,28-29H2,1-3H3,(H,41,46)(H,42,47). The lowest BCUT2D eigenvalue weighted by Crippen LogP contribution is -2.44. The molecular formula is C39H54N6O2. The van der Waals surface area contributed by atoms with Gasteiger partial charge < -0.3 is 25.8 Å². The highest BCUT2D eigenvalue weighted by atomic mass is 16.2. The number of nitrogens with zero attached hydrogens (tertiary/aromatic N) is 3. The van der Waals surface area contributed by atoms with Crippen LogP contribution in [0.5, 0.6) is 0 Å². The number of hydrogen-bond donors (Lipinski definition) is 3. The summed E-state index contributed by atoms with van der Waals surface area (Å²) in [6, 6.07) is 24.7. The highest BCUT2D eigenvalue weighted by Gasteiger charge is 2.26. The summed E-state index contributed by atoms with van der Waals surface area (Å²) in [4.78, 5) is 33.7. The molecule has 0 unspecified atom stereocenters. The molecule has 3 aromatic carbocycles. The lowest BCUT2D eigenvalue weighted by Gasteiger charge is -2.32. The Balaban J connectivity index is 1.35. The van der Waals surface area contributed by atoms with Gasteiger partial charge in [-0.3, -0.25) is 4.90 Å². The second-order valence-electron chi connectivity index (χ2n) is 13.5. The lowest BCUT2D eigenvalue weighted by atomic mass is 10.0. The van der Waals surface area contributed by atoms with Crippen LogP contribution in [-0.4, -0.2) is 50.2 Å². The molecule has 0 saturated heterocycles. The second-order valence-corrected chi connectivity index (χ2v) is 13.5. The molecule has 0 aromatic heterocycles. The van der Waals surface area contributed by atoms with Crippen molar-refractivity contribution >= 4 is 34.8 Å². The highest BCUT2D eigenvalue weighted by molar-refractivity contribution is 5.92. The van der Waals surface area contributed by atoms with Crippen molar-refractivity contribution in [3.63, 3.8) is 0 Å². The number of nitrogens with one attached hydrogen (secondary N) is 3. The van der Waals surface area contributed by atoms with Gasteiger partial charge in [0.2, 0.25) is 0 Å². The number of amides is 4. The first-order valence-electron chi connectivity index (χ1n) is 17.7. The minimum atomic E-state index is -0.0612. The van der Waals surface area contributed by atoms with E-state index in [0.29, 0.717) is 13.1 Å². The molecule has 5 rings (SSSR count). The number of benzene rings is 3. The van der Waals surface area contributed by atoms with Crippen LogP contribution in [0.2, 0.25) is 0 Å². The number of anilines is 4. The van der Waals surface area contributed by atoms with Crippen molar-refractivity contribution in [3.05, 3.63) is 83.9 Å². The summed E-state index contributed by atoms with van der Waals surface area (Å²) in [5.41, 5.74) is 5.87. The molecule has 252 valence electrons. The summed E-state index contributed by atoms with van der Waals surface area (Å²) in [6.45, 7) is 0.963. The van der Waals surface area contributed by atoms with E-state index in [4.69, 9.17) is 0 Å². The molecule has 0 aliphatic heterocycles. The Morgan fingerprint density at radius 2 is 1.21 bits per heavy atom. The van der Waals surface area contributed by atoms with Crippen LogP contribution in [0.15, 0.2) is 72.8 Å². The second kappa shape index (κ2) is 17.1. The van der Waals surface area contributed by atoms with E-state index in [1.165, 1.54) is 25.7 Å². The molecular weight excluding hydrogens is 584 g/mol. The van der Waals surface area contributed by atoms with Crippen molar-refractivity contribution in [2.75, 3.05) is 41.6 Å². The zero-order valence-corrected chi connectivity index (χ0v) is 28.6. The molecule has 0 atom stereocenters. The van der Waals surface area contributed by atoms with Gasteiger partial charge in [0.15, 0.2) is 0 Å². The van der Waals surface area contributed by atoms with Crippen molar-refractivity contribution in [1.82, 2.24) is 10.2 Å². The molecule has 4 amide bonds. The maximum Gasteiger partial charge on any atom is 0.322 e. The molecule has 0 spiro atoms. The van der Waals surface area contributed by atoms with Crippen molar-refractivity contribution < 1.29 is 9.59 Å². The quantitative estimate of drug-likeness (QED) is 0.194. The van der Waals surface area contributed by atoms with E-state index in [-0.39, 0.29) is 24.1 Å².